The van der Waals surface area contributed by atoms with E-state index in [4.69, 9.17) is 9.72 Å². The number of carboxylic acids is 1. The number of nitrogens with zero attached hydrogens (tertiary/aromatic N) is 7. The van der Waals surface area contributed by atoms with Gasteiger partial charge in [0.1, 0.15) is 41.6 Å². The lowest BCUT2D eigenvalue weighted by atomic mass is 10.1. The first kappa shape index (κ1) is 29.2. The predicted molar refractivity (Wildman–Crippen MR) is 161 cm³/mol. The third-order valence-corrected chi connectivity index (χ3v) is 7.60. The Balaban J connectivity index is 1.19. The van der Waals surface area contributed by atoms with E-state index < -0.39 is 12.0 Å². The minimum Gasteiger partial charge on any atom is -0.490 e. The summed E-state index contributed by atoms with van der Waals surface area (Å²) in [5.74, 6) is 1.32. The number of aromatic nitrogens is 6. The number of hydrogen-bond donors (Lipinski definition) is 3. The van der Waals surface area contributed by atoms with Gasteiger partial charge in [-0.2, -0.15) is 5.10 Å². The molecule has 0 fully saturated rings. The maximum Gasteiger partial charge on any atom is 0.326 e. The highest BCUT2D eigenvalue weighted by Crippen LogP contribution is 2.21. The van der Waals surface area contributed by atoms with E-state index >= 15 is 0 Å². The van der Waals surface area contributed by atoms with Gasteiger partial charge in [0.05, 0.1) is 11.9 Å². The van der Waals surface area contributed by atoms with Crippen molar-refractivity contribution in [2.24, 2.45) is 7.05 Å². The monoisotopic (exact) mass is 573 g/mol. The molecule has 0 aliphatic carbocycles. The molecule has 12 nitrogen and oxygen atoms in total. The van der Waals surface area contributed by atoms with E-state index in [9.17, 15) is 9.90 Å². The van der Waals surface area contributed by atoms with Gasteiger partial charge in [-0.1, -0.05) is 6.07 Å². The van der Waals surface area contributed by atoms with Crippen molar-refractivity contribution in [1.82, 2.24) is 34.6 Å². The highest BCUT2D eigenvalue weighted by atomic mass is 16.5. The molecule has 5 heterocycles. The Hall–Kier alpha value is -4.32. The van der Waals surface area contributed by atoms with Crippen molar-refractivity contribution in [3.05, 3.63) is 59.9 Å². The van der Waals surface area contributed by atoms with Crippen LogP contribution in [0, 0.1) is 6.92 Å². The number of carbonyl (C=O) groups is 1. The molecule has 3 N–H and O–H groups in total. The summed E-state index contributed by atoms with van der Waals surface area (Å²) in [4.78, 5) is 32.2. The topological polar surface area (TPSA) is 143 Å². The van der Waals surface area contributed by atoms with Crippen molar-refractivity contribution in [2.45, 2.75) is 51.5 Å². The van der Waals surface area contributed by atoms with Crippen molar-refractivity contribution >= 4 is 28.6 Å². The summed E-state index contributed by atoms with van der Waals surface area (Å²) < 4.78 is 7.67. The molecule has 1 atom stereocenters. The Bertz CT molecular complexity index is 1490. The van der Waals surface area contributed by atoms with Crippen LogP contribution in [0.25, 0.3) is 11.0 Å². The second-order valence-electron chi connectivity index (χ2n) is 10.6. The van der Waals surface area contributed by atoms with Gasteiger partial charge < -0.3 is 20.5 Å². The van der Waals surface area contributed by atoms with Gasteiger partial charge in [0.25, 0.3) is 0 Å². The second kappa shape index (κ2) is 14.0. The third kappa shape index (κ3) is 7.49. The van der Waals surface area contributed by atoms with Gasteiger partial charge in [-0.3, -0.25) is 14.6 Å². The molecule has 4 aromatic heterocycles. The summed E-state index contributed by atoms with van der Waals surface area (Å²) in [6, 6.07) is 7.29. The van der Waals surface area contributed by atoms with Crippen LogP contribution in [0.5, 0.6) is 5.75 Å². The molecule has 5 rings (SSSR count). The van der Waals surface area contributed by atoms with E-state index in [0.717, 1.165) is 68.1 Å². The van der Waals surface area contributed by atoms with Gasteiger partial charge >= 0.3 is 5.97 Å². The molecule has 1 aliphatic heterocycles. The van der Waals surface area contributed by atoms with Crippen molar-refractivity contribution < 1.29 is 14.6 Å². The summed E-state index contributed by atoms with van der Waals surface area (Å²) in [6.07, 6.45) is 10.3. The summed E-state index contributed by atoms with van der Waals surface area (Å²) in [5, 5.41) is 20.8. The van der Waals surface area contributed by atoms with E-state index in [1.165, 1.54) is 11.9 Å². The number of carboxylic acid groups (broad SMARTS) is 1. The lowest BCUT2D eigenvalue weighted by Gasteiger charge is -2.25. The van der Waals surface area contributed by atoms with Crippen molar-refractivity contribution in [1.29, 1.82) is 0 Å². The largest absolute Gasteiger partial charge is 0.490 e. The van der Waals surface area contributed by atoms with E-state index in [2.05, 4.69) is 47.7 Å². The van der Waals surface area contributed by atoms with Gasteiger partial charge in [0, 0.05) is 38.6 Å². The summed E-state index contributed by atoms with van der Waals surface area (Å²) in [5.41, 5.74) is 4.58. The van der Waals surface area contributed by atoms with Crippen LogP contribution in [-0.2, 0) is 24.7 Å². The molecule has 0 saturated heterocycles. The van der Waals surface area contributed by atoms with E-state index in [0.29, 0.717) is 43.0 Å². The Morgan fingerprint density at radius 3 is 2.95 bits per heavy atom. The van der Waals surface area contributed by atoms with Gasteiger partial charge in [0.2, 0.25) is 0 Å². The molecule has 42 heavy (non-hydrogen) atoms. The third-order valence-electron chi connectivity index (χ3n) is 7.60. The minimum atomic E-state index is -0.932. The van der Waals surface area contributed by atoms with Crippen LogP contribution in [0.2, 0.25) is 0 Å². The molecule has 222 valence electrons. The zero-order chi connectivity index (χ0) is 29.3. The number of aliphatic carboxylic acids is 1. The van der Waals surface area contributed by atoms with Crippen LogP contribution in [0.4, 0.5) is 11.6 Å². The maximum absolute atomic E-state index is 12.2. The van der Waals surface area contributed by atoms with Gasteiger partial charge in [-0.15, -0.1) is 0 Å². The van der Waals surface area contributed by atoms with Crippen LogP contribution < -0.4 is 15.4 Å². The molecule has 1 aliphatic rings. The SMILES string of the molecule is Cc1ncccc1OCCN(CCCCc1ccc2c(n1)NCCC2)CCC(Nc1ncnc2cnn(C)c12)C(=O)O. The standard InChI is InChI=1S/C30H39N9O3/c1-21-26(9-6-13-31-21)42-18-17-39(15-4-3-8-23-11-10-22-7-5-14-32-28(22)36-23)16-12-24(30(40)41)37-29-27-25(33-20-34-29)19-35-38(27)2/h6,9-11,13,19-20,24H,3-5,7-8,12,14-18H2,1-2H3,(H,32,36)(H,40,41)(H,33,34,37). The summed E-state index contributed by atoms with van der Waals surface area (Å²) in [6.45, 7) is 5.46. The summed E-state index contributed by atoms with van der Waals surface area (Å²) >= 11 is 0. The molecule has 0 saturated carbocycles. The van der Waals surface area contributed by atoms with Crippen LogP contribution in [0.15, 0.2) is 43.0 Å². The van der Waals surface area contributed by atoms with Gasteiger partial charge in [-0.05, 0) is 75.8 Å². The molecular weight excluding hydrogens is 534 g/mol. The number of aryl methyl sites for hydroxylation is 4. The number of anilines is 2. The molecule has 0 aromatic carbocycles. The van der Waals surface area contributed by atoms with E-state index in [1.807, 2.05) is 19.1 Å². The zero-order valence-electron chi connectivity index (χ0n) is 24.3. The van der Waals surface area contributed by atoms with Crippen molar-refractivity contribution in [2.75, 3.05) is 43.4 Å². The fourth-order valence-corrected chi connectivity index (χ4v) is 5.24. The molecule has 1 unspecified atom stereocenters. The zero-order valence-corrected chi connectivity index (χ0v) is 24.3. The lowest BCUT2D eigenvalue weighted by molar-refractivity contribution is -0.138. The average Bonchev–Trinajstić information content (AvgIpc) is 3.39. The molecule has 0 spiro atoms. The summed E-state index contributed by atoms with van der Waals surface area (Å²) in [7, 11) is 1.79. The lowest BCUT2D eigenvalue weighted by Crippen LogP contribution is -2.37. The predicted octanol–water partition coefficient (Wildman–Crippen LogP) is 3.48. The van der Waals surface area contributed by atoms with E-state index in [-0.39, 0.29) is 0 Å². The average molecular weight is 574 g/mol. The fraction of sp³-hybridized carbons (Fsp3) is 0.467. The normalized spacial score (nSPS) is 13.5. The number of pyridine rings is 2. The molecular formula is C30H39N9O3. The number of ether oxygens (including phenoxy) is 1. The number of nitrogens with one attached hydrogen (secondary N) is 2. The Kier molecular flexibility index (Phi) is 9.75. The first-order chi connectivity index (χ1) is 20.5. The Morgan fingerprint density at radius 1 is 1.19 bits per heavy atom. The Labute approximate surface area is 245 Å². The number of hydrogen-bond acceptors (Lipinski definition) is 10. The molecule has 12 heteroatoms. The number of fused-ring (bicyclic) bond motifs is 2. The highest BCUT2D eigenvalue weighted by molar-refractivity contribution is 5.87. The smallest absolute Gasteiger partial charge is 0.326 e. The first-order valence-corrected chi connectivity index (χ1v) is 14.6. The fourth-order valence-electron chi connectivity index (χ4n) is 5.24. The number of rotatable bonds is 15. The van der Waals surface area contributed by atoms with Crippen LogP contribution in [0.1, 0.15) is 42.6 Å². The van der Waals surface area contributed by atoms with Gasteiger partial charge in [0.15, 0.2) is 5.82 Å². The molecule has 0 bridgehead atoms. The van der Waals surface area contributed by atoms with Crippen LogP contribution in [-0.4, -0.2) is 84.5 Å². The number of unbranched alkanes of at least 4 members (excludes halogenated alkanes) is 1. The van der Waals surface area contributed by atoms with Crippen molar-refractivity contribution in [3.8, 4) is 5.75 Å². The first-order valence-electron chi connectivity index (χ1n) is 14.6. The quantitative estimate of drug-likeness (QED) is 0.180. The van der Waals surface area contributed by atoms with Gasteiger partial charge in [-0.25, -0.2) is 19.7 Å². The second-order valence-corrected chi connectivity index (χ2v) is 10.6. The van der Waals surface area contributed by atoms with E-state index in [1.54, 1.807) is 24.1 Å². The van der Waals surface area contributed by atoms with Crippen LogP contribution in [0.3, 0.4) is 0 Å². The maximum atomic E-state index is 12.2. The van der Waals surface area contributed by atoms with Crippen LogP contribution >= 0.6 is 0 Å². The van der Waals surface area contributed by atoms with Crippen molar-refractivity contribution in [3.63, 3.8) is 0 Å². The molecule has 0 amide bonds. The highest BCUT2D eigenvalue weighted by Gasteiger charge is 2.21. The molecule has 0 radical (unpaired) electrons. The molecule has 4 aromatic rings. The Morgan fingerprint density at radius 2 is 2.10 bits per heavy atom. The minimum absolute atomic E-state index is 0.392.